The first kappa shape index (κ1) is 11.9. The van der Waals surface area contributed by atoms with Crippen molar-refractivity contribution < 1.29 is 8.42 Å². The Kier molecular flexibility index (Phi) is 4.82. The van der Waals surface area contributed by atoms with Gasteiger partial charge in [0.05, 0.1) is 0 Å². The Morgan fingerprint density at radius 3 is 2.33 bits per heavy atom. The molecule has 0 N–H and O–H groups in total. The highest BCUT2D eigenvalue weighted by molar-refractivity contribution is 7.90. The van der Waals surface area contributed by atoms with Gasteiger partial charge in [0.25, 0.3) is 0 Å². The second kappa shape index (κ2) is 4.84. The van der Waals surface area contributed by atoms with Crippen LogP contribution in [0, 0.1) is 0 Å². The summed E-state index contributed by atoms with van der Waals surface area (Å²) in [7, 11) is -3.27. The number of sulfonamides is 1. The fraction of sp³-hybridized carbons (Fsp3) is 0.714. The van der Waals surface area contributed by atoms with Crippen LogP contribution in [-0.2, 0) is 10.0 Å². The van der Waals surface area contributed by atoms with Crippen molar-refractivity contribution in [2.75, 3.05) is 18.3 Å². The van der Waals surface area contributed by atoms with Crippen LogP contribution in [0.1, 0.15) is 13.8 Å². The fourth-order valence-electron chi connectivity index (χ4n) is 0.777. The van der Waals surface area contributed by atoms with Crippen LogP contribution < -0.4 is 0 Å². The Morgan fingerprint density at radius 1 is 1.58 bits per heavy atom. The number of hydrogen-bond acceptors (Lipinski definition) is 2. The first-order valence-corrected chi connectivity index (χ1v) is 5.76. The smallest absolute Gasteiger partial charge is 0.211 e. The maximum atomic E-state index is 11.2. The molecule has 0 radical (unpaired) electrons. The van der Waals surface area contributed by atoms with Gasteiger partial charge < -0.3 is 0 Å². The van der Waals surface area contributed by atoms with Crippen LogP contribution in [0.4, 0.5) is 0 Å². The zero-order valence-corrected chi connectivity index (χ0v) is 8.95. The van der Waals surface area contributed by atoms with Gasteiger partial charge >= 0.3 is 0 Å². The van der Waals surface area contributed by atoms with E-state index in [9.17, 15) is 8.42 Å². The topological polar surface area (TPSA) is 37.4 Å². The summed E-state index contributed by atoms with van der Waals surface area (Å²) < 4.78 is 23.7. The van der Waals surface area contributed by atoms with Gasteiger partial charge in [0.15, 0.2) is 0 Å². The molecule has 0 atom stereocenters. The lowest BCUT2D eigenvalue weighted by Gasteiger charge is -2.18. The minimum atomic E-state index is -3.27. The molecule has 0 aromatic carbocycles. The first-order chi connectivity index (χ1) is 5.44. The fourth-order valence-corrected chi connectivity index (χ4v) is 2.14. The van der Waals surface area contributed by atoms with Gasteiger partial charge in [-0.3, -0.25) is 0 Å². The standard InChI is InChI=1S/C7H14ClNO2S/c1-4-9(5-7(2)3)12(10,11)6-8/h2,4-6H2,1,3H3. The normalized spacial score (nSPS) is 12.0. The summed E-state index contributed by atoms with van der Waals surface area (Å²) in [5.74, 6) is 0. The molecule has 5 heteroatoms. The molecular weight excluding hydrogens is 198 g/mol. The first-order valence-electron chi connectivity index (χ1n) is 3.62. The molecule has 0 aromatic rings. The summed E-state index contributed by atoms with van der Waals surface area (Å²) in [4.78, 5) is 0. The quantitative estimate of drug-likeness (QED) is 0.510. The third-order valence-corrected chi connectivity index (χ3v) is 3.61. The second-order valence-electron chi connectivity index (χ2n) is 2.60. The molecule has 0 spiro atoms. The van der Waals surface area contributed by atoms with Crippen LogP contribution in [0.15, 0.2) is 12.2 Å². The van der Waals surface area contributed by atoms with Gasteiger partial charge in [0.1, 0.15) is 5.21 Å². The van der Waals surface area contributed by atoms with Gasteiger partial charge in [0.2, 0.25) is 10.0 Å². The molecule has 0 amide bonds. The molecule has 0 aliphatic heterocycles. The highest BCUT2D eigenvalue weighted by Gasteiger charge is 2.18. The molecule has 0 saturated heterocycles. The Labute approximate surface area is 79.1 Å². The molecule has 0 bridgehead atoms. The van der Waals surface area contributed by atoms with E-state index >= 15 is 0 Å². The molecule has 0 unspecified atom stereocenters. The van der Waals surface area contributed by atoms with Crippen molar-refractivity contribution in [1.29, 1.82) is 0 Å². The van der Waals surface area contributed by atoms with Crippen molar-refractivity contribution in [2.24, 2.45) is 0 Å². The zero-order chi connectivity index (χ0) is 9.78. The van der Waals surface area contributed by atoms with E-state index in [1.165, 1.54) is 4.31 Å². The summed E-state index contributed by atoms with van der Waals surface area (Å²) in [6.45, 7) is 7.98. The summed E-state index contributed by atoms with van der Waals surface area (Å²) >= 11 is 5.29. The van der Waals surface area contributed by atoms with E-state index in [1.807, 2.05) is 0 Å². The van der Waals surface area contributed by atoms with E-state index in [0.29, 0.717) is 13.1 Å². The molecule has 0 rings (SSSR count). The molecule has 72 valence electrons. The average Bonchev–Trinajstić information content (AvgIpc) is 1.99. The highest BCUT2D eigenvalue weighted by Crippen LogP contribution is 2.05. The molecule has 0 fully saturated rings. The van der Waals surface area contributed by atoms with Gasteiger partial charge in [-0.25, -0.2) is 8.42 Å². The van der Waals surface area contributed by atoms with Gasteiger partial charge in [-0.2, -0.15) is 4.31 Å². The predicted molar refractivity (Wildman–Crippen MR) is 51.7 cm³/mol. The summed E-state index contributed by atoms with van der Waals surface area (Å²) in [6, 6.07) is 0. The zero-order valence-electron chi connectivity index (χ0n) is 7.38. The Balaban J connectivity index is 4.46. The molecule has 0 aliphatic carbocycles. The highest BCUT2D eigenvalue weighted by atomic mass is 35.5. The number of halogens is 1. The van der Waals surface area contributed by atoms with E-state index < -0.39 is 10.0 Å². The van der Waals surface area contributed by atoms with Crippen molar-refractivity contribution >= 4 is 21.6 Å². The monoisotopic (exact) mass is 211 g/mol. The van der Waals surface area contributed by atoms with Gasteiger partial charge in [0, 0.05) is 13.1 Å². The van der Waals surface area contributed by atoms with Crippen LogP contribution >= 0.6 is 11.6 Å². The lowest BCUT2D eigenvalue weighted by molar-refractivity contribution is 0.456. The molecule has 0 aromatic heterocycles. The van der Waals surface area contributed by atoms with Gasteiger partial charge in [-0.15, -0.1) is 11.6 Å². The summed E-state index contributed by atoms with van der Waals surface area (Å²) in [5.41, 5.74) is 0.811. The lowest BCUT2D eigenvalue weighted by Crippen LogP contribution is -2.32. The van der Waals surface area contributed by atoms with Crippen LogP contribution in [0.2, 0.25) is 0 Å². The van der Waals surface area contributed by atoms with E-state index in [-0.39, 0.29) is 5.21 Å². The van der Waals surface area contributed by atoms with Crippen LogP contribution in [0.25, 0.3) is 0 Å². The third-order valence-electron chi connectivity index (χ3n) is 1.33. The van der Waals surface area contributed by atoms with Crippen LogP contribution in [-0.4, -0.2) is 31.0 Å². The SMILES string of the molecule is C=C(C)CN(CC)S(=O)(=O)CCl. The van der Waals surface area contributed by atoms with E-state index in [0.717, 1.165) is 5.57 Å². The maximum absolute atomic E-state index is 11.2. The van der Waals surface area contributed by atoms with Crippen molar-refractivity contribution in [2.45, 2.75) is 13.8 Å². The Morgan fingerprint density at radius 2 is 2.08 bits per heavy atom. The number of nitrogens with zero attached hydrogens (tertiary/aromatic N) is 1. The molecule has 0 saturated carbocycles. The number of alkyl halides is 1. The lowest BCUT2D eigenvalue weighted by atomic mass is 10.3. The molecule has 3 nitrogen and oxygen atoms in total. The minimum absolute atomic E-state index is 0.353. The van der Waals surface area contributed by atoms with Gasteiger partial charge in [-0.05, 0) is 6.92 Å². The number of hydrogen-bond donors (Lipinski definition) is 0. The second-order valence-corrected chi connectivity index (χ2v) is 5.16. The molecular formula is C7H14ClNO2S. The van der Waals surface area contributed by atoms with Crippen molar-refractivity contribution in [1.82, 2.24) is 4.31 Å². The number of likely N-dealkylation sites (N-methyl/N-ethyl adjacent to an activating group) is 1. The molecule has 0 aliphatic rings. The summed E-state index contributed by atoms with van der Waals surface area (Å²) in [6.07, 6.45) is 0. The molecule has 0 heterocycles. The largest absolute Gasteiger partial charge is 0.228 e. The van der Waals surface area contributed by atoms with E-state index in [1.54, 1.807) is 13.8 Å². The average molecular weight is 212 g/mol. The van der Waals surface area contributed by atoms with E-state index in [4.69, 9.17) is 11.6 Å². The predicted octanol–water partition coefficient (Wildman–Crippen LogP) is 1.41. The van der Waals surface area contributed by atoms with Crippen molar-refractivity contribution in [3.05, 3.63) is 12.2 Å². The third kappa shape index (κ3) is 3.56. The number of rotatable bonds is 5. The van der Waals surface area contributed by atoms with Crippen LogP contribution in [0.5, 0.6) is 0 Å². The van der Waals surface area contributed by atoms with Gasteiger partial charge in [-0.1, -0.05) is 19.1 Å². The van der Waals surface area contributed by atoms with Crippen molar-refractivity contribution in [3.63, 3.8) is 0 Å². The minimum Gasteiger partial charge on any atom is -0.211 e. The Bertz CT molecular complexity index is 248. The maximum Gasteiger partial charge on any atom is 0.228 e. The summed E-state index contributed by atoms with van der Waals surface area (Å²) in [5, 5.41) is -0.367. The van der Waals surface area contributed by atoms with Crippen molar-refractivity contribution in [3.8, 4) is 0 Å². The molecule has 12 heavy (non-hydrogen) atoms. The van der Waals surface area contributed by atoms with Crippen LogP contribution in [0.3, 0.4) is 0 Å². The Hall–Kier alpha value is -0.0600. The van der Waals surface area contributed by atoms with E-state index in [2.05, 4.69) is 6.58 Å².